The molecule has 0 radical (unpaired) electrons. The fourth-order valence-corrected chi connectivity index (χ4v) is 3.46. The van der Waals surface area contributed by atoms with E-state index in [1.807, 2.05) is 18.2 Å². The third-order valence-corrected chi connectivity index (χ3v) is 4.41. The first-order chi connectivity index (χ1) is 10.9. The van der Waals surface area contributed by atoms with Gasteiger partial charge in [-0.15, -0.1) is 0 Å². The second-order valence-corrected chi connectivity index (χ2v) is 5.64. The van der Waals surface area contributed by atoms with Crippen LogP contribution in [0.1, 0.15) is 16.9 Å². The number of furan rings is 1. The van der Waals surface area contributed by atoms with Crippen molar-refractivity contribution in [3.8, 4) is 0 Å². The Kier molecular flexibility index (Phi) is 2.33. The summed E-state index contributed by atoms with van der Waals surface area (Å²) in [7, 11) is 0. The number of fused-ring (bicyclic) bond motifs is 2. The first-order valence-corrected chi connectivity index (χ1v) is 7.53. The third-order valence-electron chi connectivity index (χ3n) is 4.41. The Bertz CT molecular complexity index is 894. The molecule has 2 aliphatic heterocycles. The molecule has 3 heteroatoms. The molecule has 0 amide bonds. The van der Waals surface area contributed by atoms with Crippen molar-refractivity contribution in [1.82, 2.24) is 0 Å². The molecule has 3 heterocycles. The molecule has 0 aliphatic carbocycles. The highest BCUT2D eigenvalue weighted by atomic mass is 16.3. The highest BCUT2D eigenvalue weighted by molar-refractivity contribution is 6.18. The van der Waals surface area contributed by atoms with E-state index in [2.05, 4.69) is 41.3 Å². The molecule has 2 aliphatic rings. The predicted octanol–water partition coefficient (Wildman–Crippen LogP) is 4.46. The van der Waals surface area contributed by atoms with Gasteiger partial charge in [-0.2, -0.15) is 0 Å². The Balaban J connectivity index is 1.88. The van der Waals surface area contributed by atoms with Crippen LogP contribution in [-0.2, 0) is 6.42 Å². The summed E-state index contributed by atoms with van der Waals surface area (Å²) in [5, 5.41) is 0. The molecule has 106 valence electrons. The fourth-order valence-electron chi connectivity index (χ4n) is 3.46. The first-order valence-electron chi connectivity index (χ1n) is 7.53. The van der Waals surface area contributed by atoms with Crippen molar-refractivity contribution in [2.75, 3.05) is 11.4 Å². The molecule has 22 heavy (non-hydrogen) atoms. The van der Waals surface area contributed by atoms with Crippen LogP contribution in [0.5, 0.6) is 0 Å². The summed E-state index contributed by atoms with van der Waals surface area (Å²) >= 11 is 0. The summed E-state index contributed by atoms with van der Waals surface area (Å²) in [5.74, 6) is 0.817. The van der Waals surface area contributed by atoms with E-state index in [0.29, 0.717) is 0 Å². The number of anilines is 2. The third kappa shape index (κ3) is 1.53. The largest absolute Gasteiger partial charge is 0.463 e. The second kappa shape index (κ2) is 4.34. The Morgan fingerprint density at radius 2 is 1.91 bits per heavy atom. The van der Waals surface area contributed by atoms with Crippen LogP contribution in [0, 0.1) is 0 Å². The number of aliphatic imine (C=N–C) groups is 1. The molecule has 0 unspecified atom stereocenters. The molecular weight excluding hydrogens is 272 g/mol. The number of hydrogen-bond acceptors (Lipinski definition) is 3. The highest BCUT2D eigenvalue weighted by Gasteiger charge is 2.30. The van der Waals surface area contributed by atoms with Crippen molar-refractivity contribution in [1.29, 1.82) is 0 Å². The molecule has 0 saturated carbocycles. The topological polar surface area (TPSA) is 28.7 Å². The normalized spacial score (nSPS) is 15.1. The molecule has 0 N–H and O–H groups in total. The van der Waals surface area contributed by atoms with E-state index in [1.54, 1.807) is 6.26 Å². The van der Waals surface area contributed by atoms with Crippen LogP contribution in [0.3, 0.4) is 0 Å². The molecule has 0 saturated heterocycles. The van der Waals surface area contributed by atoms with Gasteiger partial charge in [0, 0.05) is 12.1 Å². The van der Waals surface area contributed by atoms with Crippen LogP contribution in [0.2, 0.25) is 0 Å². The minimum atomic E-state index is 0.817. The van der Waals surface area contributed by atoms with Crippen LogP contribution < -0.4 is 4.90 Å². The van der Waals surface area contributed by atoms with Gasteiger partial charge in [0.25, 0.3) is 0 Å². The minimum absolute atomic E-state index is 0.817. The standard InChI is InChI=1S/C19H14N2O/c1-2-8-16-15(7-1)20-18(17-9-4-12-22-17)14-6-3-5-13-10-11-21(16)19(13)14/h1-9,12H,10-11H2. The lowest BCUT2D eigenvalue weighted by atomic mass is 10.0. The molecule has 2 aromatic carbocycles. The molecule has 0 fully saturated rings. The summed E-state index contributed by atoms with van der Waals surface area (Å²) in [6.07, 6.45) is 2.78. The Labute approximate surface area is 128 Å². The molecule has 0 spiro atoms. The Morgan fingerprint density at radius 3 is 2.82 bits per heavy atom. The maximum atomic E-state index is 5.65. The summed E-state index contributed by atoms with van der Waals surface area (Å²) in [6.45, 7) is 1.00. The van der Waals surface area contributed by atoms with Crippen LogP contribution in [0.15, 0.2) is 70.3 Å². The number of nitrogens with zero attached hydrogens (tertiary/aromatic N) is 2. The smallest absolute Gasteiger partial charge is 0.152 e. The summed E-state index contributed by atoms with van der Waals surface area (Å²) < 4.78 is 5.65. The van der Waals surface area contributed by atoms with E-state index < -0.39 is 0 Å². The lowest BCUT2D eigenvalue weighted by Gasteiger charge is -2.21. The van der Waals surface area contributed by atoms with Gasteiger partial charge in [0.1, 0.15) is 5.71 Å². The highest BCUT2D eigenvalue weighted by Crippen LogP contribution is 2.45. The summed E-state index contributed by atoms with van der Waals surface area (Å²) in [5.41, 5.74) is 6.91. The lowest BCUT2D eigenvalue weighted by molar-refractivity contribution is 0.558. The quantitative estimate of drug-likeness (QED) is 0.661. The van der Waals surface area contributed by atoms with Crippen LogP contribution >= 0.6 is 0 Å². The van der Waals surface area contributed by atoms with E-state index >= 15 is 0 Å². The van der Waals surface area contributed by atoms with Crippen molar-refractivity contribution < 1.29 is 4.42 Å². The number of para-hydroxylation sites is 3. The van der Waals surface area contributed by atoms with Crippen molar-refractivity contribution >= 4 is 22.8 Å². The number of hydrogen-bond donors (Lipinski definition) is 0. The zero-order chi connectivity index (χ0) is 14.5. The van der Waals surface area contributed by atoms with Crippen molar-refractivity contribution in [2.45, 2.75) is 6.42 Å². The van der Waals surface area contributed by atoms with Crippen LogP contribution in [-0.4, -0.2) is 12.3 Å². The van der Waals surface area contributed by atoms with Gasteiger partial charge >= 0.3 is 0 Å². The maximum absolute atomic E-state index is 5.65. The molecule has 5 rings (SSSR count). The Hall–Kier alpha value is -2.81. The van der Waals surface area contributed by atoms with E-state index in [0.717, 1.165) is 35.7 Å². The van der Waals surface area contributed by atoms with Crippen molar-refractivity contribution in [3.05, 3.63) is 77.7 Å². The van der Waals surface area contributed by atoms with Gasteiger partial charge in [0.15, 0.2) is 5.76 Å². The van der Waals surface area contributed by atoms with Gasteiger partial charge in [-0.1, -0.05) is 30.3 Å². The summed E-state index contributed by atoms with van der Waals surface area (Å²) in [4.78, 5) is 7.32. The van der Waals surface area contributed by atoms with Gasteiger partial charge in [-0.3, -0.25) is 0 Å². The van der Waals surface area contributed by atoms with Crippen LogP contribution in [0.4, 0.5) is 17.1 Å². The lowest BCUT2D eigenvalue weighted by Crippen LogP contribution is -2.14. The molecule has 3 aromatic rings. The van der Waals surface area contributed by atoms with Crippen molar-refractivity contribution in [2.24, 2.45) is 4.99 Å². The minimum Gasteiger partial charge on any atom is -0.463 e. The fraction of sp³-hybridized carbons (Fsp3) is 0.105. The average Bonchev–Trinajstić information content (AvgIpc) is 3.19. The van der Waals surface area contributed by atoms with E-state index in [1.165, 1.54) is 16.9 Å². The zero-order valence-corrected chi connectivity index (χ0v) is 12.0. The SMILES string of the molecule is c1coc(C2=Nc3ccccc3N3CCc4cccc2c43)c1. The Morgan fingerprint density at radius 1 is 0.955 bits per heavy atom. The van der Waals surface area contributed by atoms with Gasteiger partial charge in [0.05, 0.1) is 23.3 Å². The van der Waals surface area contributed by atoms with E-state index in [-0.39, 0.29) is 0 Å². The molecule has 1 aromatic heterocycles. The number of benzene rings is 2. The average molecular weight is 286 g/mol. The van der Waals surface area contributed by atoms with Gasteiger partial charge in [-0.05, 0) is 36.2 Å². The van der Waals surface area contributed by atoms with Gasteiger partial charge in [-0.25, -0.2) is 4.99 Å². The zero-order valence-electron chi connectivity index (χ0n) is 12.0. The predicted molar refractivity (Wildman–Crippen MR) is 87.6 cm³/mol. The first kappa shape index (κ1) is 11.8. The molecule has 0 atom stereocenters. The monoisotopic (exact) mass is 286 g/mol. The van der Waals surface area contributed by atoms with E-state index in [4.69, 9.17) is 9.41 Å². The van der Waals surface area contributed by atoms with Crippen molar-refractivity contribution in [3.63, 3.8) is 0 Å². The van der Waals surface area contributed by atoms with E-state index in [9.17, 15) is 0 Å². The van der Waals surface area contributed by atoms with Crippen LogP contribution in [0.25, 0.3) is 0 Å². The summed E-state index contributed by atoms with van der Waals surface area (Å²) in [6, 6.07) is 18.7. The maximum Gasteiger partial charge on any atom is 0.152 e. The molecule has 3 nitrogen and oxygen atoms in total. The van der Waals surface area contributed by atoms with Gasteiger partial charge < -0.3 is 9.32 Å². The number of rotatable bonds is 1. The molecular formula is C19H14N2O. The second-order valence-electron chi connectivity index (χ2n) is 5.64. The van der Waals surface area contributed by atoms with Gasteiger partial charge in [0.2, 0.25) is 0 Å². The molecule has 0 bridgehead atoms.